The summed E-state index contributed by atoms with van der Waals surface area (Å²) < 4.78 is 15.4. The van der Waals surface area contributed by atoms with Crippen LogP contribution in [0.1, 0.15) is 6.92 Å². The minimum atomic E-state index is -2.10. The van der Waals surface area contributed by atoms with Gasteiger partial charge in [-0.3, -0.25) is 4.79 Å². The lowest BCUT2D eigenvalue weighted by molar-refractivity contribution is -0.520. The van der Waals surface area contributed by atoms with Gasteiger partial charge in [0.15, 0.2) is 0 Å². The highest BCUT2D eigenvalue weighted by molar-refractivity contribution is 5.73. The van der Waals surface area contributed by atoms with E-state index in [4.69, 9.17) is 19.3 Å². The smallest absolute Gasteiger partial charge is 0.221 e. The zero-order chi connectivity index (χ0) is 19.6. The number of ether oxygens (including phenoxy) is 3. The Morgan fingerprint density at radius 1 is 1.15 bits per heavy atom. The van der Waals surface area contributed by atoms with Crippen LogP contribution in [0.25, 0.3) is 0 Å². The Balaban J connectivity index is 2.03. The molecule has 0 unspecified atom stereocenters. The van der Waals surface area contributed by atoms with Crippen LogP contribution in [-0.4, -0.2) is 111 Å². The molecule has 0 aromatic carbocycles. The first-order valence-electron chi connectivity index (χ1n) is 8.01. The van der Waals surface area contributed by atoms with Gasteiger partial charge in [-0.15, -0.1) is 0 Å². The summed E-state index contributed by atoms with van der Waals surface area (Å²) >= 11 is 0. The third-order valence-corrected chi connectivity index (χ3v) is 4.47. The average molecular weight is 382 g/mol. The number of hydrogen-bond donors (Lipinski definition) is 7. The van der Waals surface area contributed by atoms with Gasteiger partial charge in [0.1, 0.15) is 43.2 Å². The first-order chi connectivity index (χ1) is 12.2. The summed E-state index contributed by atoms with van der Waals surface area (Å²) in [4.78, 5) is 11.1. The molecule has 152 valence electrons. The van der Waals surface area contributed by atoms with Gasteiger partial charge >= 0.3 is 0 Å². The molecule has 0 aromatic heterocycles. The van der Waals surface area contributed by atoms with E-state index < -0.39 is 80.5 Å². The number of hydrogen-bond acceptors (Lipinski definition) is 11. The van der Waals surface area contributed by atoms with Gasteiger partial charge in [-0.25, -0.2) is 0 Å². The van der Waals surface area contributed by atoms with Crippen molar-refractivity contribution in [3.8, 4) is 0 Å². The summed E-state index contributed by atoms with van der Waals surface area (Å²) in [6.07, 6.45) is -11.0. The SMILES string of the molecule is CC(=O)N[C@@H]1[C@@H](O)[C@H](O)[C@@H](CO[C@]2(CO)O[C@H](CO)[C@@H](O)[C@@H]2O)O[C@@H]1[O-]. The maximum absolute atomic E-state index is 12.0. The summed E-state index contributed by atoms with van der Waals surface area (Å²) in [5.74, 6) is -2.69. The van der Waals surface area contributed by atoms with Crippen LogP contribution in [0.2, 0.25) is 0 Å². The number of carbonyl (C=O) groups is 1. The fourth-order valence-corrected chi connectivity index (χ4v) is 2.98. The Kier molecular flexibility index (Phi) is 6.90. The predicted molar refractivity (Wildman–Crippen MR) is 78.0 cm³/mol. The van der Waals surface area contributed by atoms with Crippen molar-refractivity contribution >= 4 is 5.91 Å². The van der Waals surface area contributed by atoms with Gasteiger partial charge in [-0.1, -0.05) is 0 Å². The van der Waals surface area contributed by atoms with E-state index in [0.29, 0.717) is 0 Å². The molecule has 2 rings (SSSR count). The number of amides is 1. The standard InChI is InChI=1S/C14H24NO11/c1-5(18)15-8-11(21)9(19)7(25-13(8)23)3-24-14(4-17)12(22)10(20)6(2-16)26-14/h6-13,16-17,19-22H,2-4H2,1H3,(H,15,18)/q-1/t6-,7-,8-,9-,10-,11-,12+,13+,14-/m1/s1. The third kappa shape index (κ3) is 3.99. The number of nitrogens with one attached hydrogen (secondary N) is 1. The lowest BCUT2D eigenvalue weighted by Crippen LogP contribution is -2.67. The Labute approximate surface area is 148 Å². The normalized spacial score (nSPS) is 46.3. The highest BCUT2D eigenvalue weighted by Gasteiger charge is 2.55. The van der Waals surface area contributed by atoms with Gasteiger partial charge in [-0.2, -0.15) is 0 Å². The van der Waals surface area contributed by atoms with Crippen LogP contribution in [0.4, 0.5) is 0 Å². The molecule has 0 spiro atoms. The molecule has 12 nitrogen and oxygen atoms in total. The molecule has 12 heteroatoms. The molecular formula is C14H24NO11-. The molecule has 9 atom stereocenters. The molecule has 2 aliphatic heterocycles. The number of aliphatic hydroxyl groups excluding tert-OH is 6. The number of aliphatic hydroxyl groups is 6. The van der Waals surface area contributed by atoms with E-state index >= 15 is 0 Å². The summed E-state index contributed by atoms with van der Waals surface area (Å²) in [5.41, 5.74) is 0. The second kappa shape index (κ2) is 8.39. The molecule has 2 fully saturated rings. The quantitative estimate of drug-likeness (QED) is 0.230. The molecule has 0 bridgehead atoms. The predicted octanol–water partition coefficient (Wildman–Crippen LogP) is -5.88. The first-order valence-corrected chi connectivity index (χ1v) is 8.01. The van der Waals surface area contributed by atoms with E-state index in [9.17, 15) is 35.4 Å². The van der Waals surface area contributed by atoms with Crippen molar-refractivity contribution in [2.45, 2.75) is 61.7 Å². The second-order valence-corrected chi connectivity index (χ2v) is 6.31. The lowest BCUT2D eigenvalue weighted by atomic mass is 9.97. The van der Waals surface area contributed by atoms with Crippen LogP contribution in [0.15, 0.2) is 0 Å². The minimum Gasteiger partial charge on any atom is -0.829 e. The van der Waals surface area contributed by atoms with E-state index in [-0.39, 0.29) is 0 Å². The number of carbonyl (C=O) groups excluding carboxylic acids is 1. The summed E-state index contributed by atoms with van der Waals surface area (Å²) in [5, 5.41) is 72.6. The Morgan fingerprint density at radius 3 is 2.31 bits per heavy atom. The van der Waals surface area contributed by atoms with Gasteiger partial charge in [0.05, 0.1) is 19.3 Å². The van der Waals surface area contributed by atoms with Gasteiger partial charge in [0, 0.05) is 13.2 Å². The number of rotatable bonds is 6. The Bertz CT molecular complexity index is 494. The van der Waals surface area contributed by atoms with Crippen molar-refractivity contribution in [2.24, 2.45) is 0 Å². The molecule has 2 aliphatic rings. The van der Waals surface area contributed by atoms with Crippen molar-refractivity contribution in [3.63, 3.8) is 0 Å². The zero-order valence-electron chi connectivity index (χ0n) is 14.0. The van der Waals surface area contributed by atoms with Crippen molar-refractivity contribution in [2.75, 3.05) is 19.8 Å². The maximum Gasteiger partial charge on any atom is 0.221 e. The molecule has 1 amide bonds. The third-order valence-electron chi connectivity index (χ3n) is 4.47. The van der Waals surface area contributed by atoms with Crippen LogP contribution in [0.5, 0.6) is 0 Å². The van der Waals surface area contributed by atoms with E-state index in [1.54, 1.807) is 0 Å². The van der Waals surface area contributed by atoms with Crippen LogP contribution in [0, 0.1) is 0 Å². The molecule has 0 aromatic rings. The van der Waals surface area contributed by atoms with Crippen molar-refractivity contribution < 1.29 is 54.8 Å². The summed E-state index contributed by atoms with van der Waals surface area (Å²) in [7, 11) is 0. The fraction of sp³-hybridized carbons (Fsp3) is 0.929. The fourth-order valence-electron chi connectivity index (χ4n) is 2.98. The summed E-state index contributed by atoms with van der Waals surface area (Å²) in [6, 6.07) is -1.38. The van der Waals surface area contributed by atoms with Crippen LogP contribution in [-0.2, 0) is 19.0 Å². The minimum absolute atomic E-state index is 0.591. The van der Waals surface area contributed by atoms with Crippen molar-refractivity contribution in [1.82, 2.24) is 5.32 Å². The Hall–Kier alpha value is -0.930. The molecule has 0 aliphatic carbocycles. The largest absolute Gasteiger partial charge is 0.829 e. The lowest BCUT2D eigenvalue weighted by Gasteiger charge is -2.46. The second-order valence-electron chi connectivity index (χ2n) is 6.31. The van der Waals surface area contributed by atoms with Crippen molar-refractivity contribution in [1.29, 1.82) is 0 Å². The molecule has 0 saturated carbocycles. The highest BCUT2D eigenvalue weighted by atomic mass is 16.7. The molecule has 0 radical (unpaired) electrons. The zero-order valence-corrected chi connectivity index (χ0v) is 14.0. The summed E-state index contributed by atoms with van der Waals surface area (Å²) in [6.45, 7) is -1.01. The molecule has 7 N–H and O–H groups in total. The van der Waals surface area contributed by atoms with E-state index in [1.807, 2.05) is 0 Å². The van der Waals surface area contributed by atoms with E-state index in [0.717, 1.165) is 6.92 Å². The molecular weight excluding hydrogens is 358 g/mol. The van der Waals surface area contributed by atoms with Crippen molar-refractivity contribution in [3.05, 3.63) is 0 Å². The van der Waals surface area contributed by atoms with Gasteiger partial charge in [-0.05, 0) is 0 Å². The Morgan fingerprint density at radius 2 is 1.81 bits per heavy atom. The molecule has 2 saturated heterocycles. The molecule has 2 heterocycles. The topological polar surface area (TPSA) is 201 Å². The van der Waals surface area contributed by atoms with E-state index in [1.165, 1.54) is 0 Å². The molecule has 26 heavy (non-hydrogen) atoms. The highest BCUT2D eigenvalue weighted by Crippen LogP contribution is 2.33. The van der Waals surface area contributed by atoms with Crippen LogP contribution in [0.3, 0.4) is 0 Å². The van der Waals surface area contributed by atoms with Crippen LogP contribution >= 0.6 is 0 Å². The van der Waals surface area contributed by atoms with E-state index in [2.05, 4.69) is 5.32 Å². The average Bonchev–Trinajstić information content (AvgIpc) is 2.85. The monoisotopic (exact) mass is 382 g/mol. The van der Waals surface area contributed by atoms with Gasteiger partial charge < -0.3 is 55.3 Å². The van der Waals surface area contributed by atoms with Gasteiger partial charge in [0.2, 0.25) is 11.7 Å². The maximum atomic E-state index is 12.0. The van der Waals surface area contributed by atoms with Crippen LogP contribution < -0.4 is 10.4 Å². The van der Waals surface area contributed by atoms with Gasteiger partial charge in [0.25, 0.3) is 0 Å². The first kappa shape index (κ1) is 21.4.